The van der Waals surface area contributed by atoms with Crippen LogP contribution in [0.15, 0.2) is 24.3 Å². The van der Waals surface area contributed by atoms with Crippen LogP contribution in [0.2, 0.25) is 0 Å². The number of hydrogen-bond acceptors (Lipinski definition) is 3. The van der Waals surface area contributed by atoms with Crippen molar-refractivity contribution in [3.63, 3.8) is 0 Å². The number of benzene rings is 1. The van der Waals surface area contributed by atoms with Crippen LogP contribution in [0.5, 0.6) is 0 Å². The Morgan fingerprint density at radius 2 is 1.12 bits per heavy atom. The Labute approximate surface area is 182 Å². The lowest BCUT2D eigenvalue weighted by molar-refractivity contribution is -0.441. The van der Waals surface area contributed by atoms with E-state index in [4.69, 9.17) is 0 Å². The highest BCUT2D eigenvalue weighted by Gasteiger charge is 2.90. The molecule has 196 valence electrons. The molecule has 1 aromatic rings. The van der Waals surface area contributed by atoms with Crippen LogP contribution in [0.25, 0.3) is 0 Å². The molecule has 0 saturated heterocycles. The van der Waals surface area contributed by atoms with E-state index in [1.54, 1.807) is 0 Å². The summed E-state index contributed by atoms with van der Waals surface area (Å²) in [6.07, 6.45) is -10.1. The van der Waals surface area contributed by atoms with Gasteiger partial charge in [-0.25, -0.2) is 4.79 Å². The molecule has 1 unspecified atom stereocenters. The number of carbonyl (C=O) groups excluding carboxylic acids is 1. The van der Waals surface area contributed by atoms with E-state index in [1.165, 1.54) is 0 Å². The summed E-state index contributed by atoms with van der Waals surface area (Å²) in [4.78, 5) is 11.4. The predicted octanol–water partition coefficient (Wildman–Crippen LogP) is 6.46. The number of hydrogen-bond donors (Lipinski definition) is 0. The SMILES string of the molecule is COC(=O)c1ccc(C(C)(CC(F)(F)C(F)(F)C(F)(F)C(F)(F)C(F)(F)C(F)(F)F)OC)cc1. The van der Waals surface area contributed by atoms with Gasteiger partial charge in [0, 0.05) is 7.11 Å². The van der Waals surface area contributed by atoms with Gasteiger partial charge >= 0.3 is 41.8 Å². The maximum Gasteiger partial charge on any atom is 0.460 e. The van der Waals surface area contributed by atoms with Crippen molar-refractivity contribution in [2.75, 3.05) is 14.2 Å². The van der Waals surface area contributed by atoms with Gasteiger partial charge < -0.3 is 9.47 Å². The molecule has 0 amide bonds. The molecule has 3 nitrogen and oxygen atoms in total. The number of esters is 1. The van der Waals surface area contributed by atoms with Crippen molar-refractivity contribution < 1.29 is 71.3 Å². The first-order valence-corrected chi connectivity index (χ1v) is 8.66. The van der Waals surface area contributed by atoms with Gasteiger partial charge in [0.05, 0.1) is 24.7 Å². The van der Waals surface area contributed by atoms with Crippen molar-refractivity contribution in [3.8, 4) is 0 Å². The molecular weight excluding hydrogens is 511 g/mol. The van der Waals surface area contributed by atoms with Gasteiger partial charge in [-0.1, -0.05) is 12.1 Å². The summed E-state index contributed by atoms with van der Waals surface area (Å²) in [5, 5.41) is 0. The second kappa shape index (κ2) is 8.75. The molecule has 0 saturated carbocycles. The fourth-order valence-corrected chi connectivity index (χ4v) is 2.71. The standard InChI is InChI=1S/C18H15F13O3/c1-12(34-3,10-6-4-9(5-7-10)11(32)33-2)8-13(19,20)14(21,22)15(23,24)16(25,26)17(27,28)18(29,30)31/h4-7H,8H2,1-3H3. The number of halogens is 13. The zero-order chi connectivity index (χ0) is 27.2. The van der Waals surface area contributed by atoms with Crippen molar-refractivity contribution in [2.45, 2.75) is 54.7 Å². The van der Waals surface area contributed by atoms with Crippen LogP contribution in [0.3, 0.4) is 0 Å². The van der Waals surface area contributed by atoms with E-state index in [9.17, 15) is 61.9 Å². The number of alkyl halides is 13. The monoisotopic (exact) mass is 526 g/mol. The molecule has 0 aromatic heterocycles. The molecule has 0 spiro atoms. The van der Waals surface area contributed by atoms with E-state index in [-0.39, 0.29) is 5.56 Å². The molecule has 1 atom stereocenters. The Balaban J connectivity index is 3.48. The molecule has 0 bridgehead atoms. The summed E-state index contributed by atoms with van der Waals surface area (Å²) in [5.41, 5.74) is -3.41. The van der Waals surface area contributed by atoms with Crippen molar-refractivity contribution in [1.82, 2.24) is 0 Å². The molecule has 0 aliphatic carbocycles. The fourth-order valence-electron chi connectivity index (χ4n) is 2.71. The topological polar surface area (TPSA) is 35.5 Å². The number of carbonyl (C=O) groups is 1. The molecule has 1 aromatic carbocycles. The average molecular weight is 526 g/mol. The Morgan fingerprint density at radius 1 is 0.706 bits per heavy atom. The minimum absolute atomic E-state index is 0.192. The summed E-state index contributed by atoms with van der Waals surface area (Å²) in [6, 6.07) is 3.44. The lowest BCUT2D eigenvalue weighted by Crippen LogP contribution is -2.70. The van der Waals surface area contributed by atoms with Gasteiger partial charge in [-0.3, -0.25) is 0 Å². The molecule has 0 radical (unpaired) electrons. The highest BCUT2D eigenvalue weighted by Crippen LogP contribution is 2.61. The highest BCUT2D eigenvalue weighted by molar-refractivity contribution is 5.89. The minimum atomic E-state index is -7.98. The second-order valence-corrected chi connectivity index (χ2v) is 7.18. The van der Waals surface area contributed by atoms with E-state index in [0.717, 1.165) is 31.4 Å². The van der Waals surface area contributed by atoms with Gasteiger partial charge in [0.1, 0.15) is 0 Å². The van der Waals surface area contributed by atoms with Crippen molar-refractivity contribution >= 4 is 5.97 Å². The molecule has 0 aliphatic rings. The van der Waals surface area contributed by atoms with Gasteiger partial charge in [0.25, 0.3) is 0 Å². The van der Waals surface area contributed by atoms with Crippen molar-refractivity contribution in [2.24, 2.45) is 0 Å². The van der Waals surface area contributed by atoms with Gasteiger partial charge in [-0.15, -0.1) is 0 Å². The zero-order valence-corrected chi connectivity index (χ0v) is 17.2. The highest BCUT2D eigenvalue weighted by atomic mass is 19.4. The number of methoxy groups -OCH3 is 2. The Morgan fingerprint density at radius 3 is 1.47 bits per heavy atom. The normalized spacial score (nSPS) is 16.2. The second-order valence-electron chi connectivity index (χ2n) is 7.18. The van der Waals surface area contributed by atoms with E-state index < -0.39 is 59.3 Å². The maximum atomic E-state index is 14.3. The van der Waals surface area contributed by atoms with Gasteiger partial charge in [0.15, 0.2) is 0 Å². The van der Waals surface area contributed by atoms with Crippen LogP contribution in [0.1, 0.15) is 29.3 Å². The molecular formula is C18H15F13O3. The van der Waals surface area contributed by atoms with Gasteiger partial charge in [0.2, 0.25) is 0 Å². The van der Waals surface area contributed by atoms with Crippen LogP contribution in [-0.2, 0) is 15.1 Å². The zero-order valence-electron chi connectivity index (χ0n) is 17.2. The van der Waals surface area contributed by atoms with Gasteiger partial charge in [-0.2, -0.15) is 57.1 Å². The third-order valence-electron chi connectivity index (χ3n) is 4.92. The lowest BCUT2D eigenvalue weighted by Gasteiger charge is -2.42. The summed E-state index contributed by atoms with van der Waals surface area (Å²) in [5.74, 6) is -38.3. The predicted molar refractivity (Wildman–Crippen MR) is 87.5 cm³/mol. The molecule has 0 heterocycles. The van der Waals surface area contributed by atoms with Crippen LogP contribution < -0.4 is 0 Å². The molecule has 16 heteroatoms. The summed E-state index contributed by atoms with van der Waals surface area (Å²) in [6.45, 7) is 0.588. The smallest absolute Gasteiger partial charge is 0.460 e. The van der Waals surface area contributed by atoms with Crippen LogP contribution in [0.4, 0.5) is 57.1 Å². The van der Waals surface area contributed by atoms with E-state index in [2.05, 4.69) is 9.47 Å². The molecule has 0 N–H and O–H groups in total. The van der Waals surface area contributed by atoms with Gasteiger partial charge in [-0.05, 0) is 24.6 Å². The maximum absolute atomic E-state index is 14.3. The van der Waals surface area contributed by atoms with Crippen molar-refractivity contribution in [1.29, 1.82) is 0 Å². The van der Waals surface area contributed by atoms with E-state index in [1.807, 2.05) is 0 Å². The molecule has 34 heavy (non-hydrogen) atoms. The Hall–Kier alpha value is -2.26. The molecule has 0 fully saturated rings. The Bertz CT molecular complexity index is 878. The first-order chi connectivity index (χ1) is 15.0. The Kier molecular flexibility index (Phi) is 7.66. The van der Waals surface area contributed by atoms with Crippen molar-refractivity contribution in [3.05, 3.63) is 35.4 Å². The largest absolute Gasteiger partial charge is 0.465 e. The number of ether oxygens (including phenoxy) is 2. The number of rotatable bonds is 9. The summed E-state index contributed by atoms with van der Waals surface area (Å²) in [7, 11) is 1.57. The quantitative estimate of drug-likeness (QED) is 0.274. The molecule has 1 rings (SSSR count). The summed E-state index contributed by atoms with van der Waals surface area (Å²) >= 11 is 0. The van der Waals surface area contributed by atoms with Crippen LogP contribution in [0, 0.1) is 0 Å². The average Bonchev–Trinajstić information content (AvgIpc) is 2.71. The fraction of sp³-hybridized carbons (Fsp3) is 0.611. The third-order valence-corrected chi connectivity index (χ3v) is 4.92. The van der Waals surface area contributed by atoms with E-state index in [0.29, 0.717) is 14.0 Å². The first kappa shape index (κ1) is 29.8. The van der Waals surface area contributed by atoms with Crippen LogP contribution >= 0.6 is 0 Å². The first-order valence-electron chi connectivity index (χ1n) is 8.66. The van der Waals surface area contributed by atoms with Crippen LogP contribution in [-0.4, -0.2) is 56.0 Å². The van der Waals surface area contributed by atoms with E-state index >= 15 is 0 Å². The lowest BCUT2D eigenvalue weighted by atomic mass is 9.84. The summed E-state index contributed by atoms with van der Waals surface area (Å²) < 4.78 is 182. The molecule has 0 aliphatic heterocycles. The third kappa shape index (κ3) is 4.52. The minimum Gasteiger partial charge on any atom is -0.465 e.